The minimum atomic E-state index is 0.395. The molecule has 1 heterocycles. The smallest absolute Gasteiger partial charge is 0.0402 e. The summed E-state index contributed by atoms with van der Waals surface area (Å²) >= 11 is 0. The molecule has 0 amide bonds. The number of rotatable bonds is 1. The van der Waals surface area contributed by atoms with Crippen LogP contribution in [0.3, 0.4) is 0 Å². The minimum absolute atomic E-state index is 0.395. The number of hydrogen-bond donors (Lipinski definition) is 0. The van der Waals surface area contributed by atoms with Gasteiger partial charge in [0.2, 0.25) is 0 Å². The zero-order valence-electron chi connectivity index (χ0n) is 10.6. The maximum Gasteiger partial charge on any atom is 0.0402 e. The lowest BCUT2D eigenvalue weighted by Gasteiger charge is -2.22. The van der Waals surface area contributed by atoms with Crippen LogP contribution < -0.4 is 4.90 Å². The number of likely N-dealkylation sites (N-methyl/N-ethyl adjacent to an activating group) is 1. The fraction of sp³-hybridized carbons (Fsp3) is 0.600. The molecule has 0 atom stereocenters. The zero-order chi connectivity index (χ0) is 11.3. The average molecular weight is 215 g/mol. The summed E-state index contributed by atoms with van der Waals surface area (Å²) in [4.78, 5) is 2.52. The second kappa shape index (κ2) is 3.26. The zero-order valence-corrected chi connectivity index (χ0v) is 10.6. The van der Waals surface area contributed by atoms with Crippen LogP contribution in [0.5, 0.6) is 0 Å². The lowest BCUT2D eigenvalue weighted by molar-refractivity contribution is 0.522. The molecule has 0 unspecified atom stereocenters. The molecule has 0 spiro atoms. The Hall–Kier alpha value is -0.980. The number of nitrogens with zero attached hydrogens (tertiary/aromatic N) is 1. The van der Waals surface area contributed by atoms with Crippen LogP contribution in [-0.2, 0) is 18.3 Å². The normalized spacial score (nSPS) is 21.1. The van der Waals surface area contributed by atoms with E-state index in [1.54, 1.807) is 16.7 Å². The van der Waals surface area contributed by atoms with Crippen molar-refractivity contribution in [3.05, 3.63) is 28.8 Å². The summed E-state index contributed by atoms with van der Waals surface area (Å²) in [7, 11) is 0. The van der Waals surface area contributed by atoms with E-state index in [0.29, 0.717) is 5.41 Å². The standard InChI is InChI=1S/C15H21N/c1-4-16-8-6-12-9-11-5-7-15(2,3)13(11)10-14(12)16/h9-10H,4-8H2,1-3H3. The third kappa shape index (κ3) is 1.30. The van der Waals surface area contributed by atoms with E-state index in [-0.39, 0.29) is 0 Å². The summed E-state index contributed by atoms with van der Waals surface area (Å²) in [5, 5.41) is 0. The quantitative estimate of drug-likeness (QED) is 0.695. The van der Waals surface area contributed by atoms with Crippen LogP contribution in [0.15, 0.2) is 12.1 Å². The van der Waals surface area contributed by atoms with Crippen LogP contribution in [0, 0.1) is 0 Å². The molecule has 16 heavy (non-hydrogen) atoms. The Kier molecular flexibility index (Phi) is 2.07. The molecule has 86 valence electrons. The number of benzene rings is 1. The largest absolute Gasteiger partial charge is 0.371 e. The van der Waals surface area contributed by atoms with Gasteiger partial charge in [-0.05, 0) is 54.4 Å². The summed E-state index contributed by atoms with van der Waals surface area (Å²) in [5.41, 5.74) is 6.70. The van der Waals surface area contributed by atoms with E-state index in [1.165, 1.54) is 31.5 Å². The molecule has 1 aliphatic carbocycles. The van der Waals surface area contributed by atoms with Gasteiger partial charge < -0.3 is 4.90 Å². The van der Waals surface area contributed by atoms with Gasteiger partial charge in [-0.15, -0.1) is 0 Å². The first kappa shape index (κ1) is 10.2. The lowest BCUT2D eigenvalue weighted by Crippen LogP contribution is -2.20. The molecular formula is C15H21N. The van der Waals surface area contributed by atoms with E-state index in [9.17, 15) is 0 Å². The predicted molar refractivity (Wildman–Crippen MR) is 69.4 cm³/mol. The van der Waals surface area contributed by atoms with E-state index in [1.807, 2.05) is 0 Å². The van der Waals surface area contributed by atoms with Crippen molar-refractivity contribution < 1.29 is 0 Å². The number of aryl methyl sites for hydroxylation is 1. The highest BCUT2D eigenvalue weighted by atomic mass is 15.1. The third-order valence-corrected chi connectivity index (χ3v) is 4.43. The first-order valence-corrected chi connectivity index (χ1v) is 6.53. The fourth-order valence-corrected chi connectivity index (χ4v) is 3.30. The first-order valence-electron chi connectivity index (χ1n) is 6.53. The van der Waals surface area contributed by atoms with Gasteiger partial charge in [-0.2, -0.15) is 0 Å². The van der Waals surface area contributed by atoms with Crippen molar-refractivity contribution in [3.63, 3.8) is 0 Å². The van der Waals surface area contributed by atoms with Crippen molar-refractivity contribution in [3.8, 4) is 0 Å². The van der Waals surface area contributed by atoms with Crippen molar-refractivity contribution in [2.75, 3.05) is 18.0 Å². The Morgan fingerprint density at radius 3 is 2.75 bits per heavy atom. The van der Waals surface area contributed by atoms with Gasteiger partial charge >= 0.3 is 0 Å². The first-order chi connectivity index (χ1) is 7.62. The molecule has 0 N–H and O–H groups in total. The molecule has 0 bridgehead atoms. The van der Waals surface area contributed by atoms with Crippen molar-refractivity contribution in [1.29, 1.82) is 0 Å². The lowest BCUT2D eigenvalue weighted by atomic mass is 9.86. The SMILES string of the molecule is CCN1CCc2cc3c(cc21)C(C)(C)CC3. The summed E-state index contributed by atoms with van der Waals surface area (Å²) < 4.78 is 0. The van der Waals surface area contributed by atoms with Gasteiger partial charge in [0.05, 0.1) is 0 Å². The van der Waals surface area contributed by atoms with E-state index in [2.05, 4.69) is 37.8 Å². The van der Waals surface area contributed by atoms with E-state index >= 15 is 0 Å². The van der Waals surface area contributed by atoms with Crippen LogP contribution in [-0.4, -0.2) is 13.1 Å². The van der Waals surface area contributed by atoms with Crippen molar-refractivity contribution >= 4 is 5.69 Å². The highest BCUT2D eigenvalue weighted by Crippen LogP contribution is 2.42. The molecule has 1 heteroatoms. The highest BCUT2D eigenvalue weighted by molar-refractivity contribution is 5.63. The molecule has 1 nitrogen and oxygen atoms in total. The van der Waals surface area contributed by atoms with Crippen LogP contribution in [0.4, 0.5) is 5.69 Å². The highest BCUT2D eigenvalue weighted by Gasteiger charge is 2.32. The fourth-order valence-electron chi connectivity index (χ4n) is 3.30. The van der Waals surface area contributed by atoms with Gasteiger partial charge in [-0.3, -0.25) is 0 Å². The van der Waals surface area contributed by atoms with Gasteiger partial charge in [0.15, 0.2) is 0 Å². The van der Waals surface area contributed by atoms with Crippen LogP contribution in [0.2, 0.25) is 0 Å². The Balaban J connectivity index is 2.12. The van der Waals surface area contributed by atoms with E-state index in [0.717, 1.165) is 6.54 Å². The number of hydrogen-bond acceptors (Lipinski definition) is 1. The summed E-state index contributed by atoms with van der Waals surface area (Å²) in [6.45, 7) is 9.39. The molecule has 1 aliphatic heterocycles. The molecule has 1 aromatic rings. The average Bonchev–Trinajstić information content (AvgIpc) is 2.78. The van der Waals surface area contributed by atoms with Gasteiger partial charge in [0.1, 0.15) is 0 Å². The summed E-state index contributed by atoms with van der Waals surface area (Å²) in [6.07, 6.45) is 3.84. The van der Waals surface area contributed by atoms with Crippen LogP contribution in [0.25, 0.3) is 0 Å². The maximum atomic E-state index is 2.52. The van der Waals surface area contributed by atoms with Crippen LogP contribution in [0.1, 0.15) is 43.9 Å². The van der Waals surface area contributed by atoms with Gasteiger partial charge in [-0.25, -0.2) is 0 Å². The molecule has 3 rings (SSSR count). The summed E-state index contributed by atoms with van der Waals surface area (Å²) in [5.74, 6) is 0. The van der Waals surface area contributed by atoms with Gasteiger partial charge in [0.25, 0.3) is 0 Å². The van der Waals surface area contributed by atoms with Crippen molar-refractivity contribution in [1.82, 2.24) is 0 Å². The maximum absolute atomic E-state index is 2.52. The molecule has 0 radical (unpaired) electrons. The van der Waals surface area contributed by atoms with Gasteiger partial charge in [-0.1, -0.05) is 19.9 Å². The molecule has 0 saturated heterocycles. The van der Waals surface area contributed by atoms with Crippen molar-refractivity contribution in [2.45, 2.75) is 45.4 Å². The molecule has 0 fully saturated rings. The molecular weight excluding hydrogens is 194 g/mol. The molecule has 1 aromatic carbocycles. The Labute approximate surface area is 98.5 Å². The minimum Gasteiger partial charge on any atom is -0.371 e. The third-order valence-electron chi connectivity index (χ3n) is 4.43. The second-order valence-electron chi connectivity index (χ2n) is 5.85. The Bertz CT molecular complexity index is 431. The van der Waals surface area contributed by atoms with Crippen molar-refractivity contribution in [2.24, 2.45) is 0 Å². The molecule has 0 aromatic heterocycles. The number of anilines is 1. The van der Waals surface area contributed by atoms with E-state index in [4.69, 9.17) is 0 Å². The molecule has 0 saturated carbocycles. The molecule has 2 aliphatic rings. The van der Waals surface area contributed by atoms with Crippen LogP contribution >= 0.6 is 0 Å². The predicted octanol–water partition coefficient (Wildman–Crippen LogP) is 3.29. The monoisotopic (exact) mass is 215 g/mol. The topological polar surface area (TPSA) is 3.24 Å². The Morgan fingerprint density at radius 2 is 2.00 bits per heavy atom. The Morgan fingerprint density at radius 1 is 1.19 bits per heavy atom. The summed E-state index contributed by atoms with van der Waals surface area (Å²) in [6, 6.07) is 4.96. The van der Waals surface area contributed by atoms with E-state index < -0.39 is 0 Å². The van der Waals surface area contributed by atoms with Gasteiger partial charge in [0, 0.05) is 18.8 Å². The second-order valence-corrected chi connectivity index (χ2v) is 5.85. The number of fused-ring (bicyclic) bond motifs is 2.